The molecule has 0 heterocycles. The minimum absolute atomic E-state index is 0.482. The summed E-state index contributed by atoms with van der Waals surface area (Å²) in [7, 11) is 0. The number of primary amides is 1. The zero-order chi connectivity index (χ0) is 12.7. The van der Waals surface area contributed by atoms with Gasteiger partial charge in [-0.3, -0.25) is 4.79 Å². The zero-order valence-electron chi connectivity index (χ0n) is 10.1. The predicted molar refractivity (Wildman–Crippen MR) is 67.0 cm³/mol. The highest BCUT2D eigenvalue weighted by atomic mass is 16.5. The standard InChI is InChI=1S/C13H17NO3/c1-3-16-11-7-10(5-6-13(14)15)8-12(9-11)17-4-2/h5-9H,3-4H2,1-2H3,(H2,14,15). The van der Waals surface area contributed by atoms with Crippen LogP contribution < -0.4 is 15.2 Å². The Kier molecular flexibility index (Phi) is 5.07. The molecular formula is C13H17NO3. The smallest absolute Gasteiger partial charge is 0.241 e. The Morgan fingerprint density at radius 3 is 2.12 bits per heavy atom. The van der Waals surface area contributed by atoms with Crippen LogP contribution in [0.5, 0.6) is 11.5 Å². The molecule has 0 atom stereocenters. The maximum atomic E-state index is 10.7. The topological polar surface area (TPSA) is 61.5 Å². The predicted octanol–water partition coefficient (Wildman–Crippen LogP) is 1.98. The minimum atomic E-state index is -0.482. The van der Waals surface area contributed by atoms with Crippen molar-refractivity contribution in [1.82, 2.24) is 0 Å². The van der Waals surface area contributed by atoms with Crippen LogP contribution in [0.2, 0.25) is 0 Å². The van der Waals surface area contributed by atoms with Crippen LogP contribution in [-0.4, -0.2) is 19.1 Å². The van der Waals surface area contributed by atoms with Gasteiger partial charge in [0.15, 0.2) is 0 Å². The van der Waals surface area contributed by atoms with E-state index in [0.29, 0.717) is 24.7 Å². The molecule has 0 radical (unpaired) electrons. The van der Waals surface area contributed by atoms with Crippen molar-refractivity contribution < 1.29 is 14.3 Å². The molecule has 1 amide bonds. The van der Waals surface area contributed by atoms with Gasteiger partial charge in [-0.1, -0.05) is 0 Å². The largest absolute Gasteiger partial charge is 0.494 e. The second-order valence-electron chi connectivity index (χ2n) is 3.34. The molecule has 0 aliphatic carbocycles. The highest BCUT2D eigenvalue weighted by Gasteiger charge is 2.01. The van der Waals surface area contributed by atoms with Gasteiger partial charge < -0.3 is 15.2 Å². The van der Waals surface area contributed by atoms with E-state index in [4.69, 9.17) is 15.2 Å². The molecule has 0 saturated carbocycles. The third-order valence-electron chi connectivity index (χ3n) is 1.96. The van der Waals surface area contributed by atoms with E-state index in [-0.39, 0.29) is 0 Å². The maximum absolute atomic E-state index is 10.7. The quantitative estimate of drug-likeness (QED) is 0.767. The summed E-state index contributed by atoms with van der Waals surface area (Å²) >= 11 is 0. The SMILES string of the molecule is CCOc1cc(C=CC(N)=O)cc(OCC)c1. The van der Waals surface area contributed by atoms with Crippen molar-refractivity contribution in [1.29, 1.82) is 0 Å². The first-order valence-electron chi connectivity index (χ1n) is 5.54. The van der Waals surface area contributed by atoms with E-state index in [1.54, 1.807) is 6.08 Å². The lowest BCUT2D eigenvalue weighted by atomic mass is 10.2. The van der Waals surface area contributed by atoms with Crippen molar-refractivity contribution in [3.05, 3.63) is 29.8 Å². The van der Waals surface area contributed by atoms with E-state index in [1.807, 2.05) is 32.0 Å². The van der Waals surface area contributed by atoms with E-state index in [2.05, 4.69) is 0 Å². The molecule has 0 unspecified atom stereocenters. The highest BCUT2D eigenvalue weighted by molar-refractivity contribution is 5.90. The first kappa shape index (κ1) is 13.1. The lowest BCUT2D eigenvalue weighted by Crippen LogP contribution is -2.05. The molecule has 0 aliphatic heterocycles. The molecule has 0 fully saturated rings. The summed E-state index contributed by atoms with van der Waals surface area (Å²) in [4.78, 5) is 10.7. The Morgan fingerprint density at radius 1 is 1.18 bits per heavy atom. The van der Waals surface area contributed by atoms with Gasteiger partial charge in [0.1, 0.15) is 11.5 Å². The van der Waals surface area contributed by atoms with Crippen LogP contribution in [0.1, 0.15) is 19.4 Å². The average molecular weight is 235 g/mol. The molecule has 17 heavy (non-hydrogen) atoms. The van der Waals surface area contributed by atoms with Crippen LogP contribution in [0.25, 0.3) is 6.08 Å². The molecule has 0 aromatic heterocycles. The summed E-state index contributed by atoms with van der Waals surface area (Å²) in [5, 5.41) is 0. The second-order valence-corrected chi connectivity index (χ2v) is 3.34. The monoisotopic (exact) mass is 235 g/mol. The number of amides is 1. The van der Waals surface area contributed by atoms with Gasteiger partial charge in [-0.05, 0) is 37.6 Å². The number of nitrogens with two attached hydrogens (primary N) is 1. The van der Waals surface area contributed by atoms with Gasteiger partial charge in [-0.25, -0.2) is 0 Å². The van der Waals surface area contributed by atoms with Crippen molar-refractivity contribution in [2.24, 2.45) is 5.73 Å². The number of carbonyl (C=O) groups is 1. The first-order valence-corrected chi connectivity index (χ1v) is 5.54. The van der Waals surface area contributed by atoms with Crippen molar-refractivity contribution in [3.63, 3.8) is 0 Å². The summed E-state index contributed by atoms with van der Waals surface area (Å²) in [6.45, 7) is 4.97. The fourth-order valence-electron chi connectivity index (χ4n) is 1.37. The highest BCUT2D eigenvalue weighted by Crippen LogP contribution is 2.23. The van der Waals surface area contributed by atoms with Crippen molar-refractivity contribution in [2.75, 3.05) is 13.2 Å². The van der Waals surface area contributed by atoms with Crippen molar-refractivity contribution in [2.45, 2.75) is 13.8 Å². The van der Waals surface area contributed by atoms with Gasteiger partial charge in [-0.2, -0.15) is 0 Å². The lowest BCUT2D eigenvalue weighted by molar-refractivity contribution is -0.113. The van der Waals surface area contributed by atoms with Gasteiger partial charge >= 0.3 is 0 Å². The number of hydrogen-bond acceptors (Lipinski definition) is 3. The molecule has 4 heteroatoms. The molecule has 2 N–H and O–H groups in total. The summed E-state index contributed by atoms with van der Waals surface area (Å²) < 4.78 is 10.8. The van der Waals surface area contributed by atoms with Gasteiger partial charge in [0.05, 0.1) is 13.2 Å². The lowest BCUT2D eigenvalue weighted by Gasteiger charge is -2.08. The van der Waals surface area contributed by atoms with Crippen LogP contribution in [0, 0.1) is 0 Å². The Bertz CT molecular complexity index is 389. The minimum Gasteiger partial charge on any atom is -0.494 e. The molecule has 0 aliphatic rings. The molecule has 1 aromatic carbocycles. The van der Waals surface area contributed by atoms with Crippen molar-refractivity contribution >= 4 is 12.0 Å². The Hall–Kier alpha value is -1.97. The van der Waals surface area contributed by atoms with Gasteiger partial charge in [-0.15, -0.1) is 0 Å². The van der Waals surface area contributed by atoms with Crippen LogP contribution in [0.4, 0.5) is 0 Å². The fraction of sp³-hybridized carbons (Fsp3) is 0.308. The third kappa shape index (κ3) is 4.59. The number of benzene rings is 1. The first-order chi connectivity index (χ1) is 8.15. The Morgan fingerprint density at radius 2 is 1.71 bits per heavy atom. The number of carbonyl (C=O) groups excluding carboxylic acids is 1. The maximum Gasteiger partial charge on any atom is 0.241 e. The number of hydrogen-bond donors (Lipinski definition) is 1. The molecule has 0 spiro atoms. The Balaban J connectivity index is 2.98. The molecule has 1 rings (SSSR count). The van der Waals surface area contributed by atoms with Crippen LogP contribution in [0.15, 0.2) is 24.3 Å². The van der Waals surface area contributed by atoms with Crippen LogP contribution in [-0.2, 0) is 4.79 Å². The van der Waals surface area contributed by atoms with E-state index in [9.17, 15) is 4.79 Å². The normalized spacial score (nSPS) is 10.5. The summed E-state index contributed by atoms with van der Waals surface area (Å²) in [6, 6.07) is 5.46. The van der Waals surface area contributed by atoms with Gasteiger partial charge in [0.2, 0.25) is 5.91 Å². The van der Waals surface area contributed by atoms with Gasteiger partial charge in [0.25, 0.3) is 0 Å². The fourth-order valence-corrected chi connectivity index (χ4v) is 1.37. The van der Waals surface area contributed by atoms with Crippen molar-refractivity contribution in [3.8, 4) is 11.5 Å². The number of ether oxygens (including phenoxy) is 2. The molecule has 0 bridgehead atoms. The van der Waals surface area contributed by atoms with Crippen LogP contribution >= 0.6 is 0 Å². The summed E-state index contributed by atoms with van der Waals surface area (Å²) in [5.41, 5.74) is 5.86. The van der Waals surface area contributed by atoms with E-state index in [0.717, 1.165) is 5.56 Å². The van der Waals surface area contributed by atoms with E-state index >= 15 is 0 Å². The van der Waals surface area contributed by atoms with Crippen LogP contribution in [0.3, 0.4) is 0 Å². The van der Waals surface area contributed by atoms with E-state index in [1.165, 1.54) is 6.08 Å². The summed E-state index contributed by atoms with van der Waals surface area (Å²) in [5.74, 6) is 0.940. The zero-order valence-corrected chi connectivity index (χ0v) is 10.1. The molecule has 4 nitrogen and oxygen atoms in total. The molecular weight excluding hydrogens is 218 g/mol. The molecule has 1 aromatic rings. The third-order valence-corrected chi connectivity index (χ3v) is 1.96. The summed E-state index contributed by atoms with van der Waals surface area (Å²) in [6.07, 6.45) is 2.94. The Labute approximate surface area is 101 Å². The second kappa shape index (κ2) is 6.58. The van der Waals surface area contributed by atoms with E-state index < -0.39 is 5.91 Å². The average Bonchev–Trinajstić information content (AvgIpc) is 2.27. The molecule has 0 saturated heterocycles. The number of rotatable bonds is 6. The molecule has 92 valence electrons. The van der Waals surface area contributed by atoms with Gasteiger partial charge in [0, 0.05) is 12.1 Å².